The third kappa shape index (κ3) is 4.57. The highest BCUT2D eigenvalue weighted by Gasteiger charge is 2.28. The minimum Gasteiger partial charge on any atom is -0.483 e. The number of amides is 3. The zero-order chi connectivity index (χ0) is 22.7. The second-order valence-electron chi connectivity index (χ2n) is 7.84. The van der Waals surface area contributed by atoms with Crippen LogP contribution in [-0.4, -0.2) is 18.5 Å². The number of fused-ring (bicyclic) bond motifs is 2. The Balaban J connectivity index is 1.43. The number of hydrazine groups is 1. The second-order valence-corrected chi connectivity index (χ2v) is 8.92. The maximum atomic E-state index is 13.0. The molecule has 1 aliphatic rings. The third-order valence-electron chi connectivity index (χ3n) is 5.09. The van der Waals surface area contributed by atoms with Crippen LogP contribution in [0.25, 0.3) is 0 Å². The number of para-hydroxylation sites is 2. The lowest BCUT2D eigenvalue weighted by molar-refractivity contribution is -0.123. The van der Waals surface area contributed by atoms with E-state index in [1.54, 1.807) is 16.7 Å². The maximum absolute atomic E-state index is 13.0. The lowest BCUT2D eigenvalue weighted by Gasteiger charge is -2.30. The van der Waals surface area contributed by atoms with Gasteiger partial charge in [0.15, 0.2) is 6.61 Å². The van der Waals surface area contributed by atoms with Crippen molar-refractivity contribution in [1.29, 1.82) is 0 Å². The van der Waals surface area contributed by atoms with Crippen LogP contribution >= 0.6 is 11.8 Å². The van der Waals surface area contributed by atoms with Crippen LogP contribution in [0.4, 0.5) is 16.2 Å². The van der Waals surface area contributed by atoms with Gasteiger partial charge in [0.1, 0.15) is 5.75 Å². The number of ether oxygens (including phenoxy) is 1. The van der Waals surface area contributed by atoms with Gasteiger partial charge in [0.25, 0.3) is 5.91 Å². The van der Waals surface area contributed by atoms with Crippen molar-refractivity contribution in [2.24, 2.45) is 0 Å². The first kappa shape index (κ1) is 21.8. The normalized spacial score (nSPS) is 12.1. The molecule has 0 unspecified atom stereocenters. The highest BCUT2D eigenvalue weighted by atomic mass is 32.2. The highest BCUT2D eigenvalue weighted by molar-refractivity contribution is 7.99. The first-order chi connectivity index (χ1) is 15.4. The Morgan fingerprint density at radius 2 is 1.56 bits per heavy atom. The van der Waals surface area contributed by atoms with Gasteiger partial charge in [-0.2, -0.15) is 0 Å². The van der Waals surface area contributed by atoms with E-state index in [0.717, 1.165) is 32.3 Å². The number of hydrogen-bond donors (Lipinski definition) is 2. The van der Waals surface area contributed by atoms with Crippen LogP contribution in [0.1, 0.15) is 30.9 Å². The maximum Gasteiger partial charge on any atom is 0.345 e. The Kier molecular flexibility index (Phi) is 6.37. The average molecular weight is 448 g/mol. The Morgan fingerprint density at radius 1 is 0.938 bits per heavy atom. The number of nitrogens with one attached hydrogen (secondary N) is 2. The predicted molar refractivity (Wildman–Crippen MR) is 127 cm³/mol. The number of hydrogen-bond acceptors (Lipinski definition) is 4. The summed E-state index contributed by atoms with van der Waals surface area (Å²) in [5.74, 6) is 0.505. The van der Waals surface area contributed by atoms with Crippen LogP contribution in [0.2, 0.25) is 0 Å². The quantitative estimate of drug-likeness (QED) is 0.515. The SMILES string of the molecule is Cc1ccc(C(C)C)c(OCC(=O)NNC(=O)N2c3ccccc3Sc3ccccc32)c1. The number of benzene rings is 3. The van der Waals surface area contributed by atoms with E-state index in [4.69, 9.17) is 4.74 Å². The fourth-order valence-electron chi connectivity index (χ4n) is 3.53. The molecule has 0 saturated heterocycles. The first-order valence-corrected chi connectivity index (χ1v) is 11.2. The van der Waals surface area contributed by atoms with Crippen LogP contribution in [0.15, 0.2) is 76.5 Å². The molecule has 2 N–H and O–H groups in total. The molecule has 0 saturated carbocycles. The van der Waals surface area contributed by atoms with Gasteiger partial charge in [0, 0.05) is 9.79 Å². The molecule has 7 heteroatoms. The van der Waals surface area contributed by atoms with Crippen LogP contribution in [0.5, 0.6) is 5.75 Å². The summed E-state index contributed by atoms with van der Waals surface area (Å²) < 4.78 is 5.75. The molecule has 1 aliphatic heterocycles. The van der Waals surface area contributed by atoms with Crippen molar-refractivity contribution in [3.05, 3.63) is 77.9 Å². The second kappa shape index (κ2) is 9.36. The summed E-state index contributed by atoms with van der Waals surface area (Å²) in [6, 6.07) is 20.8. The van der Waals surface area contributed by atoms with Crippen molar-refractivity contribution in [2.45, 2.75) is 36.5 Å². The van der Waals surface area contributed by atoms with E-state index < -0.39 is 11.9 Å². The first-order valence-electron chi connectivity index (χ1n) is 10.4. The summed E-state index contributed by atoms with van der Waals surface area (Å²) in [7, 11) is 0. The fourth-order valence-corrected chi connectivity index (χ4v) is 4.58. The molecule has 0 fully saturated rings. The Hall–Kier alpha value is -3.45. The predicted octanol–water partition coefficient (Wildman–Crippen LogP) is 5.54. The topological polar surface area (TPSA) is 70.7 Å². The van der Waals surface area contributed by atoms with Crippen molar-refractivity contribution in [1.82, 2.24) is 10.9 Å². The highest BCUT2D eigenvalue weighted by Crippen LogP contribution is 2.47. The van der Waals surface area contributed by atoms with Crippen LogP contribution in [0.3, 0.4) is 0 Å². The molecule has 1 heterocycles. The molecule has 3 aromatic rings. The number of urea groups is 1. The lowest BCUT2D eigenvalue weighted by Crippen LogP contribution is -2.49. The van der Waals surface area contributed by atoms with Crippen LogP contribution in [0, 0.1) is 6.92 Å². The summed E-state index contributed by atoms with van der Waals surface area (Å²) in [6.07, 6.45) is 0. The molecule has 0 spiro atoms. The molecule has 164 valence electrons. The molecule has 6 nitrogen and oxygen atoms in total. The van der Waals surface area contributed by atoms with Gasteiger partial charge in [0.05, 0.1) is 11.4 Å². The van der Waals surface area contributed by atoms with Gasteiger partial charge in [-0.05, 0) is 54.3 Å². The van der Waals surface area contributed by atoms with E-state index in [1.165, 1.54) is 0 Å². The standard InChI is InChI=1S/C25H25N3O3S/c1-16(2)18-13-12-17(3)14-21(18)31-15-24(29)26-27-25(30)28-19-8-4-6-10-22(19)32-23-11-7-5-9-20(23)28/h4-14,16H,15H2,1-3H3,(H,26,29)(H,27,30). The molecule has 0 aliphatic carbocycles. The van der Waals surface area contributed by atoms with Gasteiger partial charge in [0.2, 0.25) is 0 Å². The van der Waals surface area contributed by atoms with Gasteiger partial charge in [-0.3, -0.25) is 15.1 Å². The van der Waals surface area contributed by atoms with Crippen molar-refractivity contribution in [3.8, 4) is 5.75 Å². The minimum atomic E-state index is -0.447. The third-order valence-corrected chi connectivity index (χ3v) is 6.22. The molecular weight excluding hydrogens is 422 g/mol. The number of aryl methyl sites for hydroxylation is 1. The van der Waals surface area contributed by atoms with Crippen LogP contribution in [-0.2, 0) is 4.79 Å². The van der Waals surface area contributed by atoms with Gasteiger partial charge in [-0.15, -0.1) is 0 Å². The van der Waals surface area contributed by atoms with Gasteiger partial charge >= 0.3 is 6.03 Å². The van der Waals surface area contributed by atoms with E-state index in [0.29, 0.717) is 5.75 Å². The van der Waals surface area contributed by atoms with E-state index in [2.05, 4.69) is 24.7 Å². The Labute approximate surface area is 191 Å². The summed E-state index contributed by atoms with van der Waals surface area (Å²) >= 11 is 1.61. The average Bonchev–Trinajstić information content (AvgIpc) is 2.79. The summed E-state index contributed by atoms with van der Waals surface area (Å²) in [6.45, 7) is 5.92. The number of rotatable bonds is 4. The molecule has 4 rings (SSSR count). The van der Waals surface area contributed by atoms with Gasteiger partial charge in [-0.1, -0.05) is 62.0 Å². The lowest BCUT2D eigenvalue weighted by atomic mass is 10.0. The summed E-state index contributed by atoms with van der Waals surface area (Å²) in [5.41, 5.74) is 8.60. The van der Waals surface area contributed by atoms with Crippen molar-refractivity contribution >= 4 is 35.1 Å². The van der Waals surface area contributed by atoms with E-state index >= 15 is 0 Å². The number of carbonyl (C=O) groups excluding carboxylic acids is 2. The zero-order valence-electron chi connectivity index (χ0n) is 18.2. The molecule has 3 aromatic carbocycles. The van der Waals surface area contributed by atoms with E-state index in [9.17, 15) is 9.59 Å². The molecular formula is C25H25N3O3S. The summed E-state index contributed by atoms with van der Waals surface area (Å²) in [4.78, 5) is 28.9. The number of anilines is 2. The molecule has 0 bridgehead atoms. The van der Waals surface area contributed by atoms with Gasteiger partial charge < -0.3 is 4.74 Å². The summed E-state index contributed by atoms with van der Waals surface area (Å²) in [5, 5.41) is 0. The molecule has 0 aromatic heterocycles. The number of carbonyl (C=O) groups is 2. The number of nitrogens with zero attached hydrogens (tertiary/aromatic N) is 1. The zero-order valence-corrected chi connectivity index (χ0v) is 19.0. The van der Waals surface area contributed by atoms with Gasteiger partial charge in [-0.25, -0.2) is 10.2 Å². The van der Waals surface area contributed by atoms with E-state index in [-0.39, 0.29) is 12.5 Å². The molecule has 0 radical (unpaired) electrons. The van der Waals surface area contributed by atoms with Crippen LogP contribution < -0.4 is 20.5 Å². The smallest absolute Gasteiger partial charge is 0.345 e. The fraction of sp³-hybridized carbons (Fsp3) is 0.200. The Bertz CT molecular complexity index is 1120. The van der Waals surface area contributed by atoms with Crippen molar-refractivity contribution in [2.75, 3.05) is 11.5 Å². The van der Waals surface area contributed by atoms with Crippen molar-refractivity contribution in [3.63, 3.8) is 0 Å². The van der Waals surface area contributed by atoms with E-state index in [1.807, 2.05) is 73.7 Å². The molecule has 3 amide bonds. The largest absolute Gasteiger partial charge is 0.483 e. The minimum absolute atomic E-state index is 0.202. The van der Waals surface area contributed by atoms with Crippen molar-refractivity contribution < 1.29 is 14.3 Å². The monoisotopic (exact) mass is 447 g/mol. The molecule has 0 atom stereocenters. The molecule has 32 heavy (non-hydrogen) atoms. The Morgan fingerprint density at radius 3 is 2.19 bits per heavy atom.